The second-order valence-corrected chi connectivity index (χ2v) is 5.96. The molecule has 0 aliphatic carbocycles. The monoisotopic (exact) mass is 373 g/mol. The predicted molar refractivity (Wildman–Crippen MR) is 78.1 cm³/mol. The van der Waals surface area contributed by atoms with Crippen LogP contribution in [0.4, 0.5) is 13.2 Å². The number of fused-ring (bicyclic) bond motifs is 1. The molecule has 0 bridgehead atoms. The average Bonchev–Trinajstić information content (AvgIpc) is 2.86. The van der Waals surface area contributed by atoms with E-state index in [-0.39, 0.29) is 13.0 Å². The van der Waals surface area contributed by atoms with Crippen LogP contribution in [0.5, 0.6) is 5.75 Å². The summed E-state index contributed by atoms with van der Waals surface area (Å²) < 4.78 is 43.2. The third kappa shape index (κ3) is 3.17. The molecule has 140 valence electrons. The summed E-state index contributed by atoms with van der Waals surface area (Å²) in [6, 6.07) is 5.23. The summed E-state index contributed by atoms with van der Waals surface area (Å²) in [5.41, 5.74) is 4.13. The molecule has 1 spiro atoms. The van der Waals surface area contributed by atoms with Crippen molar-refractivity contribution in [3.63, 3.8) is 0 Å². The van der Waals surface area contributed by atoms with Crippen LogP contribution in [-0.2, 0) is 25.8 Å². The molecule has 2 atom stereocenters. The maximum absolute atomic E-state index is 12.5. The van der Waals surface area contributed by atoms with Gasteiger partial charge >= 0.3 is 12.1 Å². The van der Waals surface area contributed by atoms with E-state index in [0.29, 0.717) is 16.4 Å². The van der Waals surface area contributed by atoms with E-state index < -0.39 is 42.1 Å². The van der Waals surface area contributed by atoms with Crippen LogP contribution in [0.2, 0.25) is 0 Å². The average molecular weight is 373 g/mol. The lowest BCUT2D eigenvalue weighted by molar-refractivity contribution is -0.241. The third-order valence-corrected chi connectivity index (χ3v) is 4.17. The highest BCUT2D eigenvalue weighted by molar-refractivity contribution is 5.90. The number of hydrogen-bond acceptors (Lipinski definition) is 6. The standard InChI is InChI=1S/C15H14F3N3O5/c16-15(17,18)13(24)26-21-7-14(5-9(21)11(19)22)12(23)20-6-8-3-1-2-4-10(8)25-14/h1-4,9H,5-7H2,(H2,19,22)(H,20,23)/t9-,14+/m0/s1. The zero-order valence-corrected chi connectivity index (χ0v) is 13.2. The van der Waals surface area contributed by atoms with Crippen molar-refractivity contribution in [2.75, 3.05) is 6.54 Å². The smallest absolute Gasteiger partial charge is 0.475 e. The van der Waals surface area contributed by atoms with Gasteiger partial charge in [-0.3, -0.25) is 9.59 Å². The van der Waals surface area contributed by atoms with Crippen molar-refractivity contribution in [2.45, 2.75) is 30.8 Å². The molecule has 2 aliphatic rings. The van der Waals surface area contributed by atoms with Gasteiger partial charge in [0.2, 0.25) is 11.5 Å². The molecular formula is C15H14F3N3O5. The molecule has 2 aliphatic heterocycles. The SMILES string of the molecule is NC(=O)[C@@H]1C[C@]2(CN1OC(=O)C(F)(F)F)Oc1ccccc1CNC2=O. The number of carbonyl (C=O) groups is 3. The fraction of sp³-hybridized carbons (Fsp3) is 0.400. The van der Waals surface area contributed by atoms with Crippen molar-refractivity contribution in [1.82, 2.24) is 10.4 Å². The minimum atomic E-state index is -5.27. The Hall–Kier alpha value is -2.82. The van der Waals surface area contributed by atoms with Gasteiger partial charge in [0.25, 0.3) is 5.91 Å². The molecule has 11 heteroatoms. The second-order valence-electron chi connectivity index (χ2n) is 5.96. The van der Waals surface area contributed by atoms with Gasteiger partial charge < -0.3 is 20.6 Å². The molecular weight excluding hydrogens is 359 g/mol. The van der Waals surface area contributed by atoms with Gasteiger partial charge in [-0.2, -0.15) is 13.2 Å². The topological polar surface area (TPSA) is 111 Å². The van der Waals surface area contributed by atoms with Gasteiger partial charge in [-0.25, -0.2) is 4.79 Å². The van der Waals surface area contributed by atoms with Crippen LogP contribution in [0.1, 0.15) is 12.0 Å². The van der Waals surface area contributed by atoms with Gasteiger partial charge in [-0.1, -0.05) is 18.2 Å². The molecule has 1 aromatic carbocycles. The van der Waals surface area contributed by atoms with Crippen LogP contribution in [0, 0.1) is 0 Å². The molecule has 3 N–H and O–H groups in total. The minimum absolute atomic E-state index is 0.139. The zero-order valence-electron chi connectivity index (χ0n) is 13.2. The maximum Gasteiger partial charge on any atom is 0.492 e. The van der Waals surface area contributed by atoms with E-state index in [1.54, 1.807) is 24.3 Å². The predicted octanol–water partition coefficient (Wildman–Crippen LogP) is 0.0141. The third-order valence-electron chi connectivity index (χ3n) is 4.17. The first-order valence-electron chi connectivity index (χ1n) is 7.53. The molecule has 8 nitrogen and oxygen atoms in total. The minimum Gasteiger partial charge on any atom is -0.475 e. The first-order valence-corrected chi connectivity index (χ1v) is 7.53. The molecule has 0 saturated carbocycles. The Labute approximate surface area is 145 Å². The number of ether oxygens (including phenoxy) is 1. The summed E-state index contributed by atoms with van der Waals surface area (Å²) in [7, 11) is 0. The molecule has 0 aromatic heterocycles. The Kier molecular flexibility index (Phi) is 4.26. The van der Waals surface area contributed by atoms with E-state index >= 15 is 0 Å². The van der Waals surface area contributed by atoms with E-state index in [9.17, 15) is 27.6 Å². The molecule has 0 radical (unpaired) electrons. The van der Waals surface area contributed by atoms with Crippen molar-refractivity contribution in [3.8, 4) is 5.75 Å². The summed E-state index contributed by atoms with van der Waals surface area (Å²) in [6.45, 7) is -0.442. The summed E-state index contributed by atoms with van der Waals surface area (Å²) in [6.07, 6.45) is -5.63. The largest absolute Gasteiger partial charge is 0.492 e. The summed E-state index contributed by atoms with van der Waals surface area (Å²) in [5, 5.41) is 3.04. The van der Waals surface area contributed by atoms with E-state index in [0.717, 1.165) is 0 Å². The number of primary amides is 1. The van der Waals surface area contributed by atoms with Crippen LogP contribution in [0.25, 0.3) is 0 Å². The molecule has 0 unspecified atom stereocenters. The number of hydroxylamine groups is 2. The summed E-state index contributed by atoms with van der Waals surface area (Å²) in [4.78, 5) is 39.5. The van der Waals surface area contributed by atoms with Crippen molar-refractivity contribution < 1.29 is 37.1 Å². The first-order chi connectivity index (χ1) is 12.1. The van der Waals surface area contributed by atoms with Crippen LogP contribution < -0.4 is 15.8 Å². The Morgan fingerprint density at radius 3 is 2.69 bits per heavy atom. The van der Waals surface area contributed by atoms with Crippen LogP contribution >= 0.6 is 0 Å². The molecule has 1 fully saturated rings. The summed E-state index contributed by atoms with van der Waals surface area (Å²) in [5.74, 6) is -3.88. The van der Waals surface area contributed by atoms with E-state index in [1.807, 2.05) is 0 Å². The summed E-state index contributed by atoms with van der Waals surface area (Å²) >= 11 is 0. The highest BCUT2D eigenvalue weighted by Gasteiger charge is 2.57. The Balaban J connectivity index is 1.91. The number of hydrogen-bond donors (Lipinski definition) is 2. The first kappa shape index (κ1) is 18.0. The molecule has 2 amide bonds. The quantitative estimate of drug-likeness (QED) is 0.756. The normalized spacial score (nSPS) is 25.8. The fourth-order valence-electron chi connectivity index (χ4n) is 2.92. The lowest BCUT2D eigenvalue weighted by Gasteiger charge is -2.26. The molecule has 2 heterocycles. The van der Waals surface area contributed by atoms with Gasteiger partial charge in [0.1, 0.15) is 11.8 Å². The van der Waals surface area contributed by atoms with Crippen molar-refractivity contribution in [2.24, 2.45) is 5.73 Å². The number of nitrogens with zero attached hydrogens (tertiary/aromatic N) is 1. The Morgan fingerprint density at radius 1 is 1.35 bits per heavy atom. The van der Waals surface area contributed by atoms with Gasteiger partial charge in [-0.15, -0.1) is 5.06 Å². The van der Waals surface area contributed by atoms with E-state index in [4.69, 9.17) is 10.5 Å². The van der Waals surface area contributed by atoms with E-state index in [2.05, 4.69) is 10.2 Å². The Morgan fingerprint density at radius 2 is 2.04 bits per heavy atom. The highest BCUT2D eigenvalue weighted by atomic mass is 19.4. The Bertz CT molecular complexity index is 769. The number of nitrogens with one attached hydrogen (secondary N) is 1. The van der Waals surface area contributed by atoms with Crippen LogP contribution in [0.3, 0.4) is 0 Å². The van der Waals surface area contributed by atoms with Gasteiger partial charge in [0, 0.05) is 18.5 Å². The van der Waals surface area contributed by atoms with Crippen LogP contribution in [-0.4, -0.2) is 47.2 Å². The fourth-order valence-corrected chi connectivity index (χ4v) is 2.92. The number of rotatable bonds is 2. The number of carbonyl (C=O) groups excluding carboxylic acids is 3. The number of nitrogens with two attached hydrogens (primary N) is 1. The highest BCUT2D eigenvalue weighted by Crippen LogP contribution is 2.36. The lowest BCUT2D eigenvalue weighted by atomic mass is 9.98. The number of amides is 2. The number of para-hydroxylation sites is 1. The van der Waals surface area contributed by atoms with Crippen molar-refractivity contribution >= 4 is 17.8 Å². The van der Waals surface area contributed by atoms with Gasteiger partial charge in [-0.05, 0) is 6.07 Å². The van der Waals surface area contributed by atoms with Gasteiger partial charge in [0.15, 0.2) is 0 Å². The number of halogens is 3. The van der Waals surface area contributed by atoms with E-state index in [1.165, 1.54) is 0 Å². The molecule has 26 heavy (non-hydrogen) atoms. The second kappa shape index (κ2) is 6.16. The molecule has 1 saturated heterocycles. The van der Waals surface area contributed by atoms with Crippen molar-refractivity contribution in [1.29, 1.82) is 0 Å². The van der Waals surface area contributed by atoms with Crippen molar-refractivity contribution in [3.05, 3.63) is 29.8 Å². The molecule has 1 aromatic rings. The maximum atomic E-state index is 12.5. The van der Waals surface area contributed by atoms with Gasteiger partial charge in [0.05, 0.1) is 6.54 Å². The molecule has 3 rings (SSSR count). The van der Waals surface area contributed by atoms with Crippen LogP contribution in [0.15, 0.2) is 24.3 Å². The number of alkyl halides is 3. The number of benzene rings is 1. The lowest BCUT2D eigenvalue weighted by Crippen LogP contribution is -2.51. The zero-order chi connectivity index (χ0) is 19.1.